The van der Waals surface area contributed by atoms with E-state index in [1.54, 1.807) is 0 Å². The minimum absolute atomic E-state index is 0. The Balaban J connectivity index is 0.00000341. The van der Waals surface area contributed by atoms with Crippen LogP contribution in [0.25, 0.3) is 0 Å². The number of hydrogen-bond donors (Lipinski definition) is 2. The van der Waals surface area contributed by atoms with Crippen molar-refractivity contribution in [2.45, 2.75) is 58.3 Å². The van der Waals surface area contributed by atoms with Gasteiger partial charge in [0.1, 0.15) is 0 Å². The number of ether oxygens (including phenoxy) is 2. The molecule has 2 aliphatic heterocycles. The Hall–Kier alpha value is -0.900. The summed E-state index contributed by atoms with van der Waals surface area (Å²) in [7, 11) is 1.84. The molecule has 0 bridgehead atoms. The number of rotatable bonds is 7. The molecule has 2 N–H and O–H groups in total. The summed E-state index contributed by atoms with van der Waals surface area (Å²) in [6.07, 6.45) is 4.21. The summed E-state index contributed by atoms with van der Waals surface area (Å²) in [5, 5.41) is 7.00. The van der Waals surface area contributed by atoms with Crippen LogP contribution in [-0.4, -0.2) is 69.4 Å². The number of nitrogens with zero attached hydrogens (tertiary/aromatic N) is 2. The maximum atomic E-state index is 6.15. The molecule has 4 unspecified atom stereocenters. The van der Waals surface area contributed by atoms with Gasteiger partial charge in [-0.25, -0.2) is 0 Å². The predicted molar refractivity (Wildman–Crippen MR) is 138 cm³/mol. The average Bonchev–Trinajstić information content (AvgIpc) is 2.73. The van der Waals surface area contributed by atoms with Crippen molar-refractivity contribution in [2.75, 3.05) is 46.4 Å². The zero-order valence-corrected chi connectivity index (χ0v) is 21.9. The molecule has 3 rings (SSSR count). The van der Waals surface area contributed by atoms with Crippen molar-refractivity contribution in [3.8, 4) is 0 Å². The van der Waals surface area contributed by atoms with Gasteiger partial charge in [-0.15, -0.1) is 24.0 Å². The van der Waals surface area contributed by atoms with Crippen LogP contribution in [0.4, 0.5) is 0 Å². The SMILES string of the molecule is CN=C(NCCCN1CC(C)OC(C)C1)NCC1CCCOC1c1ccc(C)cc1.I. The summed E-state index contributed by atoms with van der Waals surface area (Å²) in [4.78, 5) is 6.91. The second kappa shape index (κ2) is 13.6. The van der Waals surface area contributed by atoms with Crippen LogP contribution in [0.1, 0.15) is 50.3 Å². The second-order valence-electron chi connectivity index (χ2n) is 8.85. The topological polar surface area (TPSA) is 58.1 Å². The van der Waals surface area contributed by atoms with E-state index in [9.17, 15) is 0 Å². The van der Waals surface area contributed by atoms with Crippen LogP contribution in [0.5, 0.6) is 0 Å². The lowest BCUT2D eigenvalue weighted by molar-refractivity contribution is -0.0679. The molecular formula is C24H41IN4O2. The number of hydrogen-bond acceptors (Lipinski definition) is 4. The summed E-state index contributed by atoms with van der Waals surface area (Å²) >= 11 is 0. The molecule has 0 amide bonds. The minimum Gasteiger partial charge on any atom is -0.373 e. The molecule has 31 heavy (non-hydrogen) atoms. The number of benzene rings is 1. The molecule has 2 fully saturated rings. The predicted octanol–water partition coefficient (Wildman–Crippen LogP) is 3.75. The molecular weight excluding hydrogens is 503 g/mol. The van der Waals surface area contributed by atoms with Crippen LogP contribution in [0.15, 0.2) is 29.3 Å². The Kier molecular flexibility index (Phi) is 11.6. The van der Waals surface area contributed by atoms with Gasteiger partial charge in [0.15, 0.2) is 5.96 Å². The Bertz CT molecular complexity index is 660. The standard InChI is InChI=1S/C24H40N4O2.HI/c1-18-8-10-21(11-9-18)23-22(7-5-14-29-23)15-27-24(25-4)26-12-6-13-28-16-19(2)30-20(3)17-28;/h8-11,19-20,22-23H,5-7,12-17H2,1-4H3,(H2,25,26,27);1H. The fourth-order valence-electron chi connectivity index (χ4n) is 4.60. The highest BCUT2D eigenvalue weighted by Gasteiger charge is 2.27. The lowest BCUT2D eigenvalue weighted by Crippen LogP contribution is -2.46. The van der Waals surface area contributed by atoms with E-state index in [2.05, 4.69) is 65.6 Å². The lowest BCUT2D eigenvalue weighted by atomic mass is 9.89. The summed E-state index contributed by atoms with van der Waals surface area (Å²) in [6.45, 7) is 12.2. The first kappa shape index (κ1) is 26.4. The van der Waals surface area contributed by atoms with Crippen LogP contribution in [-0.2, 0) is 9.47 Å². The molecule has 0 aromatic heterocycles. The summed E-state index contributed by atoms with van der Waals surface area (Å²) in [6, 6.07) is 8.76. The number of morpholine rings is 1. The maximum Gasteiger partial charge on any atom is 0.190 e. The van der Waals surface area contributed by atoms with Crippen molar-refractivity contribution in [2.24, 2.45) is 10.9 Å². The van der Waals surface area contributed by atoms with Crippen LogP contribution in [0.2, 0.25) is 0 Å². The first-order chi connectivity index (χ1) is 14.5. The monoisotopic (exact) mass is 544 g/mol. The highest BCUT2D eigenvalue weighted by Crippen LogP contribution is 2.33. The van der Waals surface area contributed by atoms with Gasteiger partial charge in [-0.05, 0) is 45.6 Å². The highest BCUT2D eigenvalue weighted by molar-refractivity contribution is 14.0. The molecule has 176 valence electrons. The van der Waals surface area contributed by atoms with E-state index in [1.807, 2.05) is 7.05 Å². The van der Waals surface area contributed by atoms with E-state index in [0.717, 1.165) is 58.1 Å². The molecule has 0 spiro atoms. The zero-order chi connectivity index (χ0) is 21.3. The van der Waals surface area contributed by atoms with E-state index in [-0.39, 0.29) is 30.1 Å². The lowest BCUT2D eigenvalue weighted by Gasteiger charge is -2.35. The summed E-state index contributed by atoms with van der Waals surface area (Å²) < 4.78 is 12.0. The van der Waals surface area contributed by atoms with E-state index >= 15 is 0 Å². The van der Waals surface area contributed by atoms with Crippen molar-refractivity contribution in [3.05, 3.63) is 35.4 Å². The first-order valence-corrected chi connectivity index (χ1v) is 11.6. The van der Waals surface area contributed by atoms with Gasteiger partial charge in [0.25, 0.3) is 0 Å². The quantitative estimate of drug-likeness (QED) is 0.237. The normalized spacial score (nSPS) is 27.4. The van der Waals surface area contributed by atoms with Gasteiger partial charge in [0, 0.05) is 52.3 Å². The van der Waals surface area contributed by atoms with Gasteiger partial charge < -0.3 is 20.1 Å². The largest absolute Gasteiger partial charge is 0.373 e. The molecule has 0 saturated carbocycles. The fraction of sp³-hybridized carbons (Fsp3) is 0.708. The van der Waals surface area contributed by atoms with Crippen molar-refractivity contribution < 1.29 is 9.47 Å². The van der Waals surface area contributed by atoms with Crippen molar-refractivity contribution >= 4 is 29.9 Å². The van der Waals surface area contributed by atoms with E-state index < -0.39 is 0 Å². The smallest absolute Gasteiger partial charge is 0.190 e. The maximum absolute atomic E-state index is 6.15. The number of guanidine groups is 1. The van der Waals surface area contributed by atoms with E-state index in [0.29, 0.717) is 18.1 Å². The molecule has 6 nitrogen and oxygen atoms in total. The van der Waals surface area contributed by atoms with Crippen LogP contribution >= 0.6 is 24.0 Å². The molecule has 4 atom stereocenters. The van der Waals surface area contributed by atoms with Gasteiger partial charge >= 0.3 is 0 Å². The van der Waals surface area contributed by atoms with Crippen LogP contribution in [0.3, 0.4) is 0 Å². The molecule has 2 heterocycles. The third-order valence-electron chi connectivity index (χ3n) is 6.04. The Morgan fingerprint density at radius 1 is 1.13 bits per heavy atom. The number of aliphatic imine (C=N–C) groups is 1. The molecule has 1 aromatic carbocycles. The van der Waals surface area contributed by atoms with Crippen molar-refractivity contribution in [3.63, 3.8) is 0 Å². The zero-order valence-electron chi connectivity index (χ0n) is 19.6. The van der Waals surface area contributed by atoms with Crippen LogP contribution in [0, 0.1) is 12.8 Å². The van der Waals surface area contributed by atoms with E-state index in [4.69, 9.17) is 9.47 Å². The Morgan fingerprint density at radius 2 is 1.84 bits per heavy atom. The number of halogens is 1. The Morgan fingerprint density at radius 3 is 2.52 bits per heavy atom. The molecule has 7 heteroatoms. The molecule has 2 saturated heterocycles. The second-order valence-corrected chi connectivity index (χ2v) is 8.85. The molecule has 2 aliphatic rings. The third kappa shape index (κ3) is 8.51. The third-order valence-corrected chi connectivity index (χ3v) is 6.04. The summed E-state index contributed by atoms with van der Waals surface area (Å²) in [5.41, 5.74) is 2.57. The average molecular weight is 545 g/mol. The van der Waals surface area contributed by atoms with Gasteiger partial charge in [-0.3, -0.25) is 9.89 Å². The van der Waals surface area contributed by atoms with Gasteiger partial charge in [0.05, 0.1) is 18.3 Å². The van der Waals surface area contributed by atoms with E-state index in [1.165, 1.54) is 17.5 Å². The molecule has 1 aromatic rings. The molecule has 0 aliphatic carbocycles. The first-order valence-electron chi connectivity index (χ1n) is 11.6. The minimum atomic E-state index is 0. The summed E-state index contributed by atoms with van der Waals surface area (Å²) in [5.74, 6) is 1.34. The van der Waals surface area contributed by atoms with Crippen molar-refractivity contribution in [1.82, 2.24) is 15.5 Å². The van der Waals surface area contributed by atoms with Gasteiger partial charge in [0.2, 0.25) is 0 Å². The number of nitrogens with one attached hydrogen (secondary N) is 2. The highest BCUT2D eigenvalue weighted by atomic mass is 127. The molecule has 0 radical (unpaired) electrons. The fourth-order valence-corrected chi connectivity index (χ4v) is 4.60. The number of aryl methyl sites for hydroxylation is 1. The Labute approximate surface area is 205 Å². The van der Waals surface area contributed by atoms with Gasteiger partial charge in [-0.1, -0.05) is 29.8 Å². The van der Waals surface area contributed by atoms with Crippen LogP contribution < -0.4 is 10.6 Å². The van der Waals surface area contributed by atoms with Gasteiger partial charge in [-0.2, -0.15) is 0 Å². The van der Waals surface area contributed by atoms with Crippen molar-refractivity contribution in [1.29, 1.82) is 0 Å².